The average molecular weight is 208 g/mol. The van der Waals surface area contributed by atoms with Crippen LogP contribution in [0.15, 0.2) is 6.07 Å². The number of rotatable bonds is 3. The summed E-state index contributed by atoms with van der Waals surface area (Å²) in [6.07, 6.45) is 2.53. The first-order valence-corrected chi connectivity index (χ1v) is 5.20. The highest BCUT2D eigenvalue weighted by atomic mass is 16.5. The van der Waals surface area contributed by atoms with Crippen LogP contribution in [0.4, 0.5) is 11.8 Å². The molecule has 2 rings (SSSR count). The summed E-state index contributed by atoms with van der Waals surface area (Å²) in [6.45, 7) is 3.52. The van der Waals surface area contributed by atoms with Crippen molar-refractivity contribution in [2.24, 2.45) is 0 Å². The van der Waals surface area contributed by atoms with E-state index in [9.17, 15) is 0 Å². The van der Waals surface area contributed by atoms with E-state index in [4.69, 9.17) is 10.5 Å². The second-order valence-electron chi connectivity index (χ2n) is 3.77. The van der Waals surface area contributed by atoms with Crippen molar-refractivity contribution in [1.82, 2.24) is 9.97 Å². The molecule has 0 bridgehead atoms. The Balaban J connectivity index is 1.92. The predicted molar refractivity (Wildman–Crippen MR) is 58.6 cm³/mol. The van der Waals surface area contributed by atoms with Crippen LogP contribution in [0.5, 0.6) is 0 Å². The van der Waals surface area contributed by atoms with Gasteiger partial charge in [-0.2, -0.15) is 4.98 Å². The van der Waals surface area contributed by atoms with E-state index in [0.717, 1.165) is 31.7 Å². The van der Waals surface area contributed by atoms with Crippen molar-refractivity contribution < 1.29 is 4.74 Å². The summed E-state index contributed by atoms with van der Waals surface area (Å²) in [4.78, 5) is 8.33. The van der Waals surface area contributed by atoms with E-state index in [1.165, 1.54) is 0 Å². The summed E-state index contributed by atoms with van der Waals surface area (Å²) >= 11 is 0. The minimum Gasteiger partial charge on any atom is -0.384 e. The van der Waals surface area contributed by atoms with Gasteiger partial charge in [-0.3, -0.25) is 0 Å². The third-order valence-corrected chi connectivity index (χ3v) is 2.39. The molecule has 1 aliphatic heterocycles. The fraction of sp³-hybridized carbons (Fsp3) is 0.600. The van der Waals surface area contributed by atoms with Crippen LogP contribution < -0.4 is 11.1 Å². The molecule has 1 aromatic heterocycles. The molecule has 1 saturated heterocycles. The number of aryl methyl sites for hydroxylation is 1. The highest BCUT2D eigenvalue weighted by Gasteiger charge is 2.15. The van der Waals surface area contributed by atoms with E-state index in [1.807, 2.05) is 6.92 Å². The first-order chi connectivity index (χ1) is 7.24. The predicted octanol–water partition coefficient (Wildman–Crippen LogP) is 0.958. The molecule has 0 amide bonds. The van der Waals surface area contributed by atoms with Crippen molar-refractivity contribution in [1.29, 1.82) is 0 Å². The van der Waals surface area contributed by atoms with Crippen LogP contribution in [-0.4, -0.2) is 29.2 Å². The summed E-state index contributed by atoms with van der Waals surface area (Å²) in [6, 6.07) is 1.75. The number of ether oxygens (including phenoxy) is 1. The van der Waals surface area contributed by atoms with E-state index in [0.29, 0.717) is 11.8 Å². The quantitative estimate of drug-likeness (QED) is 0.774. The van der Waals surface area contributed by atoms with Crippen LogP contribution in [0.1, 0.15) is 18.5 Å². The highest BCUT2D eigenvalue weighted by Crippen LogP contribution is 2.13. The van der Waals surface area contributed by atoms with Gasteiger partial charge < -0.3 is 15.8 Å². The Morgan fingerprint density at radius 2 is 2.47 bits per heavy atom. The summed E-state index contributed by atoms with van der Waals surface area (Å²) in [5.74, 6) is 1.08. The Morgan fingerprint density at radius 1 is 1.60 bits per heavy atom. The van der Waals surface area contributed by atoms with Crippen molar-refractivity contribution in [2.45, 2.75) is 25.9 Å². The van der Waals surface area contributed by atoms with Gasteiger partial charge in [0.05, 0.1) is 6.10 Å². The molecule has 2 heterocycles. The number of nitrogens with one attached hydrogen (secondary N) is 1. The molecule has 5 nitrogen and oxygen atoms in total. The Kier molecular flexibility index (Phi) is 3.01. The molecule has 1 fully saturated rings. The zero-order valence-corrected chi connectivity index (χ0v) is 8.86. The van der Waals surface area contributed by atoms with Crippen molar-refractivity contribution in [3.63, 3.8) is 0 Å². The molecule has 1 aromatic rings. The number of anilines is 2. The maximum absolute atomic E-state index is 5.62. The molecular weight excluding hydrogens is 192 g/mol. The van der Waals surface area contributed by atoms with Crippen LogP contribution >= 0.6 is 0 Å². The Hall–Kier alpha value is -1.36. The summed E-state index contributed by atoms with van der Waals surface area (Å²) in [5, 5.41) is 3.14. The first kappa shape index (κ1) is 10.2. The van der Waals surface area contributed by atoms with Gasteiger partial charge in [0.1, 0.15) is 5.82 Å². The zero-order valence-electron chi connectivity index (χ0n) is 8.86. The molecule has 1 aliphatic rings. The van der Waals surface area contributed by atoms with Crippen molar-refractivity contribution in [2.75, 3.05) is 24.2 Å². The van der Waals surface area contributed by atoms with E-state index >= 15 is 0 Å². The molecule has 15 heavy (non-hydrogen) atoms. The minimum absolute atomic E-state index is 0.287. The third-order valence-electron chi connectivity index (χ3n) is 2.39. The molecule has 0 radical (unpaired) electrons. The SMILES string of the molecule is Cc1cc(N)nc(NC[C@H]2CCCO2)n1. The lowest BCUT2D eigenvalue weighted by Crippen LogP contribution is -2.20. The molecular formula is C10H16N4O. The van der Waals surface area contributed by atoms with Gasteiger partial charge in [0.15, 0.2) is 0 Å². The van der Waals surface area contributed by atoms with Gasteiger partial charge in [-0.25, -0.2) is 4.98 Å². The molecule has 5 heteroatoms. The highest BCUT2D eigenvalue weighted by molar-refractivity contribution is 5.38. The standard InChI is InChI=1S/C10H16N4O/c1-7-5-9(11)14-10(13-7)12-6-8-3-2-4-15-8/h5,8H,2-4,6H2,1H3,(H3,11,12,13,14)/t8-/m1/s1. The van der Waals surface area contributed by atoms with Crippen LogP contribution in [0.2, 0.25) is 0 Å². The Bertz CT molecular complexity index is 316. The molecule has 0 aromatic carbocycles. The molecule has 0 spiro atoms. The summed E-state index contributed by atoms with van der Waals surface area (Å²) in [5.41, 5.74) is 6.49. The number of nitrogens with two attached hydrogens (primary N) is 1. The van der Waals surface area contributed by atoms with E-state index < -0.39 is 0 Å². The van der Waals surface area contributed by atoms with Gasteiger partial charge in [0.25, 0.3) is 0 Å². The van der Waals surface area contributed by atoms with Gasteiger partial charge >= 0.3 is 0 Å². The Labute approximate surface area is 89.1 Å². The smallest absolute Gasteiger partial charge is 0.224 e. The van der Waals surface area contributed by atoms with Gasteiger partial charge in [-0.15, -0.1) is 0 Å². The number of aromatic nitrogens is 2. The van der Waals surface area contributed by atoms with Crippen LogP contribution in [0.3, 0.4) is 0 Å². The number of hydrogen-bond donors (Lipinski definition) is 2. The number of nitrogens with zero attached hydrogens (tertiary/aromatic N) is 2. The molecule has 0 unspecified atom stereocenters. The first-order valence-electron chi connectivity index (χ1n) is 5.20. The second kappa shape index (κ2) is 4.44. The minimum atomic E-state index is 0.287. The van der Waals surface area contributed by atoms with E-state index in [1.54, 1.807) is 6.07 Å². The fourth-order valence-corrected chi connectivity index (χ4v) is 1.68. The van der Waals surface area contributed by atoms with Gasteiger partial charge in [-0.1, -0.05) is 0 Å². The van der Waals surface area contributed by atoms with Crippen LogP contribution in [-0.2, 0) is 4.74 Å². The molecule has 0 aliphatic carbocycles. The third kappa shape index (κ3) is 2.79. The molecule has 3 N–H and O–H groups in total. The normalized spacial score (nSPS) is 20.5. The zero-order chi connectivity index (χ0) is 10.7. The lowest BCUT2D eigenvalue weighted by molar-refractivity contribution is 0.120. The largest absolute Gasteiger partial charge is 0.384 e. The van der Waals surface area contributed by atoms with E-state index in [2.05, 4.69) is 15.3 Å². The second-order valence-corrected chi connectivity index (χ2v) is 3.77. The van der Waals surface area contributed by atoms with Crippen molar-refractivity contribution in [3.8, 4) is 0 Å². The maximum atomic E-state index is 5.62. The van der Waals surface area contributed by atoms with E-state index in [-0.39, 0.29) is 6.10 Å². The maximum Gasteiger partial charge on any atom is 0.224 e. The number of hydrogen-bond acceptors (Lipinski definition) is 5. The van der Waals surface area contributed by atoms with Gasteiger partial charge in [0, 0.05) is 24.9 Å². The Morgan fingerprint density at radius 3 is 3.13 bits per heavy atom. The topological polar surface area (TPSA) is 73.1 Å². The van der Waals surface area contributed by atoms with Gasteiger partial charge in [0.2, 0.25) is 5.95 Å². The fourth-order valence-electron chi connectivity index (χ4n) is 1.68. The summed E-state index contributed by atoms with van der Waals surface area (Å²) < 4.78 is 5.49. The molecule has 82 valence electrons. The monoisotopic (exact) mass is 208 g/mol. The number of nitrogen functional groups attached to an aromatic ring is 1. The van der Waals surface area contributed by atoms with Crippen molar-refractivity contribution in [3.05, 3.63) is 11.8 Å². The van der Waals surface area contributed by atoms with Gasteiger partial charge in [-0.05, 0) is 19.8 Å². The summed E-state index contributed by atoms with van der Waals surface area (Å²) in [7, 11) is 0. The van der Waals surface area contributed by atoms with Crippen LogP contribution in [0, 0.1) is 6.92 Å². The molecule has 1 atom stereocenters. The lowest BCUT2D eigenvalue weighted by Gasteiger charge is -2.11. The molecule has 0 saturated carbocycles. The average Bonchev–Trinajstić information content (AvgIpc) is 2.65. The van der Waals surface area contributed by atoms with Crippen molar-refractivity contribution >= 4 is 11.8 Å². The van der Waals surface area contributed by atoms with Crippen LogP contribution in [0.25, 0.3) is 0 Å². The lowest BCUT2D eigenvalue weighted by atomic mass is 10.2.